The van der Waals surface area contributed by atoms with Crippen molar-refractivity contribution in [3.63, 3.8) is 0 Å². The normalized spacial score (nSPS) is 17.0. The number of aliphatic hydroxyl groups excluding tert-OH is 5. The lowest BCUT2D eigenvalue weighted by Gasteiger charge is -2.35. The van der Waals surface area contributed by atoms with Gasteiger partial charge in [-0.05, 0) is 114 Å². The van der Waals surface area contributed by atoms with Gasteiger partial charge in [-0.15, -0.1) is 0 Å². The number of guanidine groups is 2. The molecule has 27 N–H and O–H groups in total. The predicted molar refractivity (Wildman–Crippen MR) is 390 cm³/mol. The third-order valence-electron chi connectivity index (χ3n) is 18.2. The Morgan fingerprint density at radius 1 is 0.495 bits per heavy atom. The fourth-order valence-electron chi connectivity index (χ4n) is 11.4. The van der Waals surface area contributed by atoms with Crippen LogP contribution in [0.3, 0.4) is 0 Å². The van der Waals surface area contributed by atoms with Crippen molar-refractivity contribution < 1.29 is 103 Å². The molecule has 39 heteroatoms. The summed E-state index contributed by atoms with van der Waals surface area (Å²) in [5.41, 5.74) is 33.4. The van der Waals surface area contributed by atoms with Crippen LogP contribution >= 0.6 is 0 Å². The lowest BCUT2D eigenvalue weighted by molar-refractivity contribution is -0.152. The van der Waals surface area contributed by atoms with Crippen LogP contribution in [-0.2, 0) is 67.1 Å². The molecule has 1 rings (SSSR count). The molecule has 606 valence electrons. The minimum atomic E-state index is -2.51. The highest BCUT2D eigenvalue weighted by atomic mass is 16.5. The van der Waals surface area contributed by atoms with Gasteiger partial charge in [-0.25, -0.2) is 4.79 Å². The number of phenols is 1. The second-order valence-electron chi connectivity index (χ2n) is 28.0. The van der Waals surface area contributed by atoms with Crippen molar-refractivity contribution in [1.29, 1.82) is 0 Å². The van der Waals surface area contributed by atoms with Crippen molar-refractivity contribution >= 4 is 88.8 Å². The number of aliphatic imine (C=N–C) groups is 2. The zero-order valence-corrected chi connectivity index (χ0v) is 63.7. The summed E-state index contributed by atoms with van der Waals surface area (Å²) in [6.45, 7) is 17.4. The van der Waals surface area contributed by atoms with Crippen LogP contribution in [-0.4, -0.2) is 260 Å². The summed E-state index contributed by atoms with van der Waals surface area (Å²) in [6, 6.07) is -11.8. The number of primary amides is 2. The molecule has 0 radical (unpaired) electrons. The van der Waals surface area contributed by atoms with Gasteiger partial charge in [-0.3, -0.25) is 67.5 Å². The van der Waals surface area contributed by atoms with Gasteiger partial charge >= 0.3 is 5.97 Å². The largest absolute Gasteiger partial charge is 0.508 e. The molecule has 0 saturated carbocycles. The van der Waals surface area contributed by atoms with Crippen LogP contribution in [0.4, 0.5) is 0 Å². The van der Waals surface area contributed by atoms with Crippen molar-refractivity contribution in [3.8, 4) is 5.75 Å². The number of rotatable bonds is 48. The smallest absolute Gasteiger partial charge is 0.326 e. The van der Waals surface area contributed by atoms with Crippen molar-refractivity contribution in [2.24, 2.45) is 79.9 Å². The minimum absolute atomic E-state index is 0.0188. The molecule has 20 atom stereocenters. The van der Waals surface area contributed by atoms with Gasteiger partial charge in [0, 0.05) is 46.6 Å². The van der Waals surface area contributed by atoms with E-state index in [1.54, 1.807) is 20.8 Å². The highest BCUT2D eigenvalue weighted by molar-refractivity contribution is 5.99. The standard InChI is InChI=1S/C68H118N18O21/c1-30(2)28-32(5)51(91)35(8)56(95)77-36(9)57(96)78-42(18-16-26-75-67(71)72)52(92)53(93)63(102)81-47(33(6)34(7)55(70)94)60(99)82-49(39(12)88)62(101)83-48(38(11)87)61(100)79-43(19-17-27-76-68(73)74)58(97)80-44(29-31(3)4)64(103)86(14)45(24-25-46(69)90)59(98)84-50(65(104)85(13)37(10)66(105)106)54(107-15)40-20-22-41(89)23-21-40/h20-23,30-39,42-45,47-54,87-89,91-93H,16-19,24-29H2,1-15H3,(H2,69,90)(H2,70,94)(H,77,95)(H,78,96)(H,79,100)(H,80,97)(H,81,102)(H,82,99)(H,83,101)(H,84,98)(H,105,106)(H4,71,72,75)(H4,73,74,76)/t32-,33-,34+,35+,36-,37-,38+,39+,42-,43+,44-,45-,47-,48-,49-,50?,51+,52+,53+,54?/m0/s1. The summed E-state index contributed by atoms with van der Waals surface area (Å²) in [4.78, 5) is 189. The molecule has 0 heterocycles. The van der Waals surface area contributed by atoms with E-state index in [0.29, 0.717) is 6.42 Å². The van der Waals surface area contributed by atoms with E-state index in [9.17, 15) is 98.1 Å². The Kier molecular flexibility index (Phi) is 40.9. The zero-order valence-electron chi connectivity index (χ0n) is 63.7. The molecule has 107 heavy (non-hydrogen) atoms. The van der Waals surface area contributed by atoms with E-state index in [0.717, 1.165) is 37.7 Å². The number of likely N-dealkylation sites (N-methyl/N-ethyl adjacent to an activating group) is 2. The van der Waals surface area contributed by atoms with Crippen LogP contribution in [0.2, 0.25) is 0 Å². The number of phenolic OH excluding ortho intramolecular Hbond substituents is 1. The summed E-state index contributed by atoms with van der Waals surface area (Å²) >= 11 is 0. The van der Waals surface area contributed by atoms with Crippen molar-refractivity contribution in [2.75, 3.05) is 34.3 Å². The molecule has 0 bridgehead atoms. The average molecular weight is 1520 g/mol. The molecule has 1 aromatic rings. The number of carboxylic acid groups (broad SMARTS) is 1. The number of carbonyl (C=O) groups is 13. The third-order valence-corrected chi connectivity index (χ3v) is 18.2. The molecule has 0 aliphatic heterocycles. The maximum atomic E-state index is 14.9. The number of methoxy groups -OCH3 is 1. The highest BCUT2D eigenvalue weighted by Gasteiger charge is 2.44. The van der Waals surface area contributed by atoms with Crippen LogP contribution in [0.5, 0.6) is 5.75 Å². The highest BCUT2D eigenvalue weighted by Crippen LogP contribution is 2.27. The summed E-state index contributed by atoms with van der Waals surface area (Å²) in [7, 11) is 3.50. The maximum absolute atomic E-state index is 14.9. The number of nitrogens with one attached hydrogen (secondary N) is 8. The number of amides is 12. The first-order valence-electron chi connectivity index (χ1n) is 35.2. The fraction of sp³-hybridized carbons (Fsp3) is 0.691. The van der Waals surface area contributed by atoms with Crippen LogP contribution in [0.1, 0.15) is 146 Å². The monoisotopic (exact) mass is 1520 g/mol. The first-order valence-corrected chi connectivity index (χ1v) is 35.2. The molecule has 0 aliphatic rings. The first kappa shape index (κ1) is 95.4. The van der Waals surface area contributed by atoms with E-state index in [4.69, 9.17) is 39.1 Å². The Hall–Kier alpha value is -9.57. The van der Waals surface area contributed by atoms with E-state index in [-0.39, 0.29) is 80.3 Å². The molecule has 12 amide bonds. The Labute approximate surface area is 623 Å². The van der Waals surface area contributed by atoms with Gasteiger partial charge < -0.3 is 127 Å². The van der Waals surface area contributed by atoms with Crippen LogP contribution in [0.25, 0.3) is 0 Å². The molecule has 0 aromatic heterocycles. The molecule has 2 unspecified atom stereocenters. The van der Waals surface area contributed by atoms with Gasteiger partial charge in [0.2, 0.25) is 65.0 Å². The predicted octanol–water partition coefficient (Wildman–Crippen LogP) is -5.92. The number of nitrogens with zero attached hydrogens (tertiary/aromatic N) is 4. The van der Waals surface area contributed by atoms with Gasteiger partial charge in [-0.1, -0.05) is 67.5 Å². The number of aliphatic hydroxyl groups is 5. The quantitative estimate of drug-likeness (QED) is 0.0164. The Balaban J connectivity index is 3.82. The molecule has 0 fully saturated rings. The Bertz CT molecular complexity index is 3210. The number of hydrogen-bond acceptors (Lipinski definition) is 22. The molecule has 1 aromatic carbocycles. The van der Waals surface area contributed by atoms with Crippen LogP contribution in [0, 0.1) is 35.5 Å². The SMILES string of the molecule is COC(c1ccc(O)cc1)C(NC(=O)[C@H](CCC(N)=O)N(C)C(=O)[C@H](CC(C)C)NC(=O)[C@@H](CCCN=C(N)N)NC(=O)[C@@H](NC(=O)[C@@H](NC(=O)[C@@H](NC(=O)[C@H](O)[C@H](O)[C@H](CCCN=C(N)N)NC(=O)[C@H](C)NC(=O)[C@H](C)[C@H](O)[C@@H](C)CC(C)C)[C@@H](C)[C@@H](C)C(N)=O)[C@@H](C)O)[C@@H](C)O)C(=O)N(C)[C@@H](C)C(=O)O. The van der Waals surface area contributed by atoms with Crippen molar-refractivity contribution in [3.05, 3.63) is 29.8 Å². The number of carbonyl (C=O) groups excluding carboxylic acids is 12. The molecule has 0 saturated heterocycles. The average Bonchev–Trinajstić information content (AvgIpc) is 0.804. The number of nitrogens with two attached hydrogens (primary N) is 6. The molecule has 39 nitrogen and oxygen atoms in total. The number of benzene rings is 1. The lowest BCUT2D eigenvalue weighted by atomic mass is 9.87. The third kappa shape index (κ3) is 31.4. The van der Waals surface area contributed by atoms with E-state index >= 15 is 0 Å². The molecule has 0 aliphatic carbocycles. The number of hydrogen-bond donors (Lipinski definition) is 21. The van der Waals surface area contributed by atoms with Crippen molar-refractivity contribution in [1.82, 2.24) is 52.3 Å². The van der Waals surface area contributed by atoms with Gasteiger partial charge in [-0.2, -0.15) is 0 Å². The topological polar surface area (TPSA) is 656 Å². The summed E-state index contributed by atoms with van der Waals surface area (Å²) in [6.07, 6.45) is -12.1. The Morgan fingerprint density at radius 3 is 1.44 bits per heavy atom. The molecular formula is C68H118N18O21. The van der Waals surface area contributed by atoms with Gasteiger partial charge in [0.1, 0.15) is 72.3 Å². The van der Waals surface area contributed by atoms with Crippen LogP contribution < -0.4 is 76.9 Å². The first-order chi connectivity index (χ1) is 49.6. The second-order valence-corrected chi connectivity index (χ2v) is 28.0. The second kappa shape index (κ2) is 45.8. The van der Waals surface area contributed by atoms with Crippen molar-refractivity contribution in [2.45, 2.75) is 231 Å². The summed E-state index contributed by atoms with van der Waals surface area (Å²) in [5, 5.41) is 95.3. The maximum Gasteiger partial charge on any atom is 0.326 e. The summed E-state index contributed by atoms with van der Waals surface area (Å²) < 4.78 is 5.68. The summed E-state index contributed by atoms with van der Waals surface area (Å²) in [5.74, 6) is -19.4. The zero-order chi connectivity index (χ0) is 82.3. The fourth-order valence-corrected chi connectivity index (χ4v) is 11.4. The van der Waals surface area contributed by atoms with E-state index in [1.807, 2.05) is 13.8 Å². The number of aliphatic carboxylic acids is 1. The van der Waals surface area contributed by atoms with E-state index < -0.39 is 210 Å². The number of carboxylic acids is 1. The van der Waals surface area contributed by atoms with E-state index in [2.05, 4.69) is 52.5 Å². The molecular weight excluding hydrogens is 1400 g/mol. The van der Waals surface area contributed by atoms with Gasteiger partial charge in [0.05, 0.1) is 30.3 Å². The molecule has 0 spiro atoms. The lowest BCUT2D eigenvalue weighted by Crippen LogP contribution is -2.64. The van der Waals surface area contributed by atoms with E-state index in [1.165, 1.54) is 66.0 Å². The number of ether oxygens (including phenoxy) is 1. The minimum Gasteiger partial charge on any atom is -0.508 e. The Morgan fingerprint density at radius 2 is 0.972 bits per heavy atom. The van der Waals surface area contributed by atoms with Gasteiger partial charge in [0.15, 0.2) is 18.0 Å². The van der Waals surface area contributed by atoms with Gasteiger partial charge in [0.25, 0.3) is 5.91 Å². The van der Waals surface area contributed by atoms with Crippen LogP contribution in [0.15, 0.2) is 34.3 Å². The number of aromatic hydroxyl groups is 1.